The number of carboxylic acids is 1. The topological polar surface area (TPSA) is 46.5 Å². The van der Waals surface area contributed by atoms with Crippen LogP contribution in [0.3, 0.4) is 0 Å². The maximum atomic E-state index is 10.9. The van der Waals surface area contributed by atoms with Crippen LogP contribution in [0.5, 0.6) is 11.5 Å². The lowest BCUT2D eigenvalue weighted by molar-refractivity contribution is -0.138. The summed E-state index contributed by atoms with van der Waals surface area (Å²) in [5.41, 5.74) is 0.732. The molecule has 0 amide bonds. The van der Waals surface area contributed by atoms with Crippen molar-refractivity contribution in [2.45, 2.75) is 12.8 Å². The third-order valence-corrected chi connectivity index (χ3v) is 2.71. The Morgan fingerprint density at radius 1 is 1.06 bits per heavy atom. The lowest BCUT2D eigenvalue weighted by atomic mass is 10.0. The molecule has 92 valence electrons. The van der Waals surface area contributed by atoms with Crippen LogP contribution in [0.4, 0.5) is 0 Å². The van der Waals surface area contributed by atoms with Gasteiger partial charge < -0.3 is 9.84 Å². The second-order valence-corrected chi connectivity index (χ2v) is 4.05. The number of para-hydroxylation sites is 1. The molecular formula is C15H14O3. The smallest absolute Gasteiger partial charge is 0.310 e. The molecule has 0 radical (unpaired) electrons. The highest BCUT2D eigenvalue weighted by Gasteiger charge is 2.13. The van der Waals surface area contributed by atoms with Crippen molar-refractivity contribution in [3.05, 3.63) is 60.2 Å². The summed E-state index contributed by atoms with van der Waals surface area (Å²) in [7, 11) is 0. The first-order valence-electron chi connectivity index (χ1n) is 5.72. The van der Waals surface area contributed by atoms with Crippen LogP contribution in [0.25, 0.3) is 0 Å². The molecule has 0 aliphatic heterocycles. The predicted molar refractivity (Wildman–Crippen MR) is 69.0 cm³/mol. The fourth-order valence-electron chi connectivity index (χ4n) is 1.61. The van der Waals surface area contributed by atoms with Gasteiger partial charge in [-0.05, 0) is 36.8 Å². The van der Waals surface area contributed by atoms with Gasteiger partial charge in [-0.15, -0.1) is 0 Å². The van der Waals surface area contributed by atoms with Crippen LogP contribution in [0.2, 0.25) is 0 Å². The van der Waals surface area contributed by atoms with E-state index in [1.807, 2.05) is 36.4 Å². The summed E-state index contributed by atoms with van der Waals surface area (Å²) in [6, 6.07) is 16.6. The molecule has 0 bridgehead atoms. The fraction of sp³-hybridized carbons (Fsp3) is 0.133. The van der Waals surface area contributed by atoms with Gasteiger partial charge in [0.15, 0.2) is 0 Å². The van der Waals surface area contributed by atoms with Crippen molar-refractivity contribution in [3.63, 3.8) is 0 Å². The maximum absolute atomic E-state index is 10.9. The van der Waals surface area contributed by atoms with Crippen LogP contribution >= 0.6 is 0 Å². The zero-order chi connectivity index (χ0) is 13.0. The summed E-state index contributed by atoms with van der Waals surface area (Å²) in [5.74, 6) is 0.000567. The Hall–Kier alpha value is -2.29. The highest BCUT2D eigenvalue weighted by atomic mass is 16.6. The molecule has 3 nitrogen and oxygen atoms in total. The van der Waals surface area contributed by atoms with Gasteiger partial charge in [0.05, 0.1) is 5.92 Å². The number of carboxylic acid groups (broad SMARTS) is 1. The molecule has 1 N–H and O–H groups in total. The number of rotatable bonds is 4. The van der Waals surface area contributed by atoms with E-state index in [4.69, 9.17) is 9.84 Å². The van der Waals surface area contributed by atoms with Gasteiger partial charge in [-0.2, -0.15) is 0 Å². The van der Waals surface area contributed by atoms with Crippen LogP contribution in [-0.2, 0) is 4.79 Å². The monoisotopic (exact) mass is 248 g/mol. The number of benzene rings is 2. The zero-order valence-electron chi connectivity index (χ0n) is 10.0. The highest BCUT2D eigenvalue weighted by molar-refractivity contribution is 5.75. The van der Waals surface area contributed by atoms with Gasteiger partial charge in [-0.1, -0.05) is 30.3 Å². The van der Waals surface area contributed by atoms with Crippen LogP contribution < -0.4 is 4.74 Å². The number of hydrogen-bond donors (Lipinski definition) is 1. The van der Waals surface area contributed by atoms with E-state index >= 15 is 0 Å². The minimum atomic E-state index is -0.841. The summed E-state index contributed by atoms with van der Waals surface area (Å²) in [4.78, 5) is 10.9. The van der Waals surface area contributed by atoms with Crippen molar-refractivity contribution in [2.75, 3.05) is 0 Å². The molecule has 2 aromatic rings. The molecule has 0 heterocycles. The van der Waals surface area contributed by atoms with E-state index < -0.39 is 11.9 Å². The molecule has 3 heteroatoms. The van der Waals surface area contributed by atoms with Crippen LogP contribution in [0.15, 0.2) is 54.6 Å². The van der Waals surface area contributed by atoms with Gasteiger partial charge in [0.2, 0.25) is 0 Å². The molecule has 18 heavy (non-hydrogen) atoms. The lowest BCUT2D eigenvalue weighted by Crippen LogP contribution is -2.07. The maximum Gasteiger partial charge on any atom is 0.310 e. The summed E-state index contributed by atoms with van der Waals surface area (Å²) < 4.78 is 5.66. The second kappa shape index (κ2) is 5.36. The quantitative estimate of drug-likeness (QED) is 0.897. The minimum absolute atomic E-state index is 0.538. The molecule has 0 fully saturated rings. The Labute approximate surface area is 106 Å². The Kier molecular flexibility index (Phi) is 3.63. The Balaban J connectivity index is 2.20. The number of hydrogen-bond acceptors (Lipinski definition) is 2. The van der Waals surface area contributed by atoms with Crippen molar-refractivity contribution in [1.82, 2.24) is 0 Å². The Morgan fingerprint density at radius 2 is 1.72 bits per heavy atom. The van der Waals surface area contributed by atoms with E-state index in [0.717, 1.165) is 11.3 Å². The van der Waals surface area contributed by atoms with Crippen LogP contribution in [0.1, 0.15) is 18.4 Å². The Bertz CT molecular complexity index is 534. The van der Waals surface area contributed by atoms with E-state index in [0.29, 0.717) is 5.75 Å². The van der Waals surface area contributed by atoms with Gasteiger partial charge in [-0.3, -0.25) is 4.79 Å². The van der Waals surface area contributed by atoms with E-state index in [2.05, 4.69) is 0 Å². The molecule has 0 aliphatic carbocycles. The average molecular weight is 248 g/mol. The molecule has 0 aromatic heterocycles. The number of carbonyl (C=O) groups is 1. The van der Waals surface area contributed by atoms with Crippen molar-refractivity contribution >= 4 is 5.97 Å². The first kappa shape index (κ1) is 12.2. The summed E-state index contributed by atoms with van der Waals surface area (Å²) in [6.45, 7) is 1.66. The molecule has 2 aromatic carbocycles. The van der Waals surface area contributed by atoms with Crippen molar-refractivity contribution in [2.24, 2.45) is 0 Å². The van der Waals surface area contributed by atoms with Crippen LogP contribution in [0, 0.1) is 0 Å². The Morgan fingerprint density at radius 3 is 2.39 bits per heavy atom. The number of ether oxygens (including phenoxy) is 1. The molecular weight excluding hydrogens is 234 g/mol. The minimum Gasteiger partial charge on any atom is -0.481 e. The van der Waals surface area contributed by atoms with Gasteiger partial charge in [0.25, 0.3) is 0 Å². The molecule has 1 unspecified atom stereocenters. The SMILES string of the molecule is CC(C(=O)O)c1cccc(O[13c]2[13cH][13cH][13cH][13cH][13cH]2)c1. The summed E-state index contributed by atoms with van der Waals surface area (Å²) >= 11 is 0. The molecule has 0 aliphatic rings. The molecule has 1 atom stereocenters. The molecule has 0 spiro atoms. The van der Waals surface area contributed by atoms with Gasteiger partial charge >= 0.3 is 5.97 Å². The highest BCUT2D eigenvalue weighted by Crippen LogP contribution is 2.25. The average Bonchev–Trinajstić information content (AvgIpc) is 2.39. The largest absolute Gasteiger partial charge is 0.481 e. The van der Waals surface area contributed by atoms with E-state index in [-0.39, 0.29) is 0 Å². The van der Waals surface area contributed by atoms with Gasteiger partial charge in [0, 0.05) is 0 Å². The van der Waals surface area contributed by atoms with Gasteiger partial charge in [0.1, 0.15) is 11.5 Å². The number of aliphatic carboxylic acids is 1. The molecule has 2 rings (SSSR count). The summed E-state index contributed by atoms with van der Waals surface area (Å²) in [5, 5.41) is 8.98. The first-order chi connectivity index (χ1) is 8.66. The van der Waals surface area contributed by atoms with Crippen LogP contribution in [-0.4, -0.2) is 11.1 Å². The first-order valence-corrected chi connectivity index (χ1v) is 5.72. The van der Waals surface area contributed by atoms with Crippen molar-refractivity contribution in [1.29, 1.82) is 0 Å². The van der Waals surface area contributed by atoms with Crippen molar-refractivity contribution < 1.29 is 14.6 Å². The predicted octanol–water partition coefficient (Wildman–Crippen LogP) is 3.67. The van der Waals surface area contributed by atoms with E-state index in [1.165, 1.54) is 0 Å². The molecule has 0 saturated carbocycles. The summed E-state index contributed by atoms with van der Waals surface area (Å²) in [6.07, 6.45) is 0. The fourth-order valence-corrected chi connectivity index (χ4v) is 1.61. The second-order valence-electron chi connectivity index (χ2n) is 4.05. The van der Waals surface area contributed by atoms with Gasteiger partial charge in [-0.25, -0.2) is 0 Å². The van der Waals surface area contributed by atoms with Crippen molar-refractivity contribution in [3.8, 4) is 11.5 Å². The van der Waals surface area contributed by atoms with E-state index in [1.54, 1.807) is 25.1 Å². The zero-order valence-corrected chi connectivity index (χ0v) is 10.0. The lowest BCUT2D eigenvalue weighted by Gasteiger charge is -2.10. The molecule has 0 saturated heterocycles. The third-order valence-electron chi connectivity index (χ3n) is 2.71. The van der Waals surface area contributed by atoms with E-state index in [9.17, 15) is 4.79 Å². The standard InChI is InChI=1S/C15H14O3/c1-11(15(16)17)12-6-5-9-14(10-12)18-13-7-3-2-4-8-13/h2-11H,1H3,(H,16,17)/i2+1,3+1,4+1,7+1,8+1,13+1. The third kappa shape index (κ3) is 2.88. The normalized spacial score (nSPS) is 11.8.